The molecule has 0 bridgehead atoms. The summed E-state index contributed by atoms with van der Waals surface area (Å²) in [6.07, 6.45) is 0.950. The highest BCUT2D eigenvalue weighted by molar-refractivity contribution is 5.14. The number of hydrogen-bond acceptors (Lipinski definition) is 2. The summed E-state index contributed by atoms with van der Waals surface area (Å²) in [5.41, 5.74) is 1.33. The molecule has 0 aliphatic carbocycles. The Bertz CT molecular complexity index is 299. The lowest BCUT2D eigenvalue weighted by molar-refractivity contribution is 0.139. The van der Waals surface area contributed by atoms with E-state index in [2.05, 4.69) is 36.1 Å². The first-order chi connectivity index (χ1) is 7.29. The number of hydrogen-bond donors (Lipinski definition) is 1. The molecule has 1 N–H and O–H groups in total. The molecule has 15 heavy (non-hydrogen) atoms. The lowest BCUT2D eigenvalue weighted by atomic mass is 10.0. The normalized spacial score (nSPS) is 27.1. The Morgan fingerprint density at radius 3 is 2.60 bits per heavy atom. The van der Waals surface area contributed by atoms with E-state index in [0.717, 1.165) is 26.1 Å². The zero-order valence-corrected chi connectivity index (χ0v) is 9.26. The van der Waals surface area contributed by atoms with Crippen molar-refractivity contribution in [2.24, 2.45) is 5.92 Å². The van der Waals surface area contributed by atoms with Gasteiger partial charge >= 0.3 is 0 Å². The monoisotopic (exact) mass is 205 g/mol. The predicted molar refractivity (Wildman–Crippen MR) is 61.5 cm³/mol. The summed E-state index contributed by atoms with van der Waals surface area (Å²) in [6.45, 7) is 4.98. The van der Waals surface area contributed by atoms with Crippen LogP contribution in [0.5, 0.6) is 0 Å². The molecule has 82 valence electrons. The quantitative estimate of drug-likeness (QED) is 0.814. The van der Waals surface area contributed by atoms with Crippen LogP contribution >= 0.6 is 0 Å². The topological polar surface area (TPSA) is 23.5 Å². The minimum Gasteiger partial charge on any atom is -0.391 e. The smallest absolute Gasteiger partial charge is 0.0707 e. The van der Waals surface area contributed by atoms with Crippen LogP contribution in [0.15, 0.2) is 30.3 Å². The molecule has 2 rings (SSSR count). The molecule has 0 amide bonds. The van der Waals surface area contributed by atoms with Crippen molar-refractivity contribution in [2.45, 2.75) is 26.0 Å². The third-order valence-electron chi connectivity index (χ3n) is 3.26. The summed E-state index contributed by atoms with van der Waals surface area (Å²) in [5.74, 6) is 0.466. The Morgan fingerprint density at radius 2 is 2.00 bits per heavy atom. The van der Waals surface area contributed by atoms with Gasteiger partial charge in [-0.1, -0.05) is 37.3 Å². The van der Waals surface area contributed by atoms with Crippen LogP contribution in [0.4, 0.5) is 0 Å². The second-order valence-electron chi connectivity index (χ2n) is 4.42. The Hall–Kier alpha value is -0.860. The molecule has 1 fully saturated rings. The Labute approximate surface area is 91.5 Å². The lowest BCUT2D eigenvalue weighted by Crippen LogP contribution is -2.21. The van der Waals surface area contributed by atoms with Gasteiger partial charge in [-0.25, -0.2) is 0 Å². The first kappa shape index (κ1) is 10.7. The van der Waals surface area contributed by atoms with E-state index in [0.29, 0.717) is 5.92 Å². The lowest BCUT2D eigenvalue weighted by Gasteiger charge is -2.14. The maximum atomic E-state index is 9.80. The summed E-state index contributed by atoms with van der Waals surface area (Å²) in [6, 6.07) is 10.5. The van der Waals surface area contributed by atoms with Crippen LogP contribution in [0.2, 0.25) is 0 Å². The molecule has 0 radical (unpaired) electrons. The van der Waals surface area contributed by atoms with Gasteiger partial charge in [0.25, 0.3) is 0 Å². The molecule has 1 heterocycles. The fourth-order valence-electron chi connectivity index (χ4n) is 2.31. The molecule has 0 aromatic heterocycles. The van der Waals surface area contributed by atoms with Crippen molar-refractivity contribution in [1.29, 1.82) is 0 Å². The van der Waals surface area contributed by atoms with E-state index >= 15 is 0 Å². The van der Waals surface area contributed by atoms with Gasteiger partial charge in [0.15, 0.2) is 0 Å². The minimum atomic E-state index is -0.126. The van der Waals surface area contributed by atoms with Crippen molar-refractivity contribution in [3.05, 3.63) is 35.9 Å². The molecule has 1 aliphatic heterocycles. The van der Waals surface area contributed by atoms with Crippen LogP contribution < -0.4 is 0 Å². The van der Waals surface area contributed by atoms with Crippen LogP contribution in [-0.4, -0.2) is 29.2 Å². The number of aliphatic hydroxyl groups excluding tert-OH is 1. The zero-order chi connectivity index (χ0) is 10.7. The SMILES string of the molecule is CC[C@H]1CN(Cc2ccccc2)C[C@H]1O. The van der Waals surface area contributed by atoms with E-state index in [1.165, 1.54) is 5.56 Å². The van der Waals surface area contributed by atoms with Gasteiger partial charge in [-0.05, 0) is 17.9 Å². The largest absolute Gasteiger partial charge is 0.391 e. The molecular formula is C13H19NO. The van der Waals surface area contributed by atoms with Crippen molar-refractivity contribution in [3.8, 4) is 0 Å². The van der Waals surface area contributed by atoms with Gasteiger partial charge in [-0.2, -0.15) is 0 Å². The highest BCUT2D eigenvalue weighted by Gasteiger charge is 2.29. The number of aliphatic hydroxyl groups is 1. The fourth-order valence-corrected chi connectivity index (χ4v) is 2.31. The molecule has 0 unspecified atom stereocenters. The Kier molecular flexibility index (Phi) is 3.39. The average molecular weight is 205 g/mol. The van der Waals surface area contributed by atoms with Crippen molar-refractivity contribution in [1.82, 2.24) is 4.90 Å². The predicted octanol–water partition coefficient (Wildman–Crippen LogP) is 1.89. The van der Waals surface area contributed by atoms with Gasteiger partial charge in [0.05, 0.1) is 6.10 Å². The Balaban J connectivity index is 1.92. The van der Waals surface area contributed by atoms with E-state index in [4.69, 9.17) is 0 Å². The standard InChI is InChI=1S/C13H19NO/c1-2-12-9-14(10-13(12)15)8-11-6-4-3-5-7-11/h3-7,12-13,15H,2,8-10H2,1H3/t12-,13+/m0/s1. The van der Waals surface area contributed by atoms with Gasteiger partial charge in [-0.3, -0.25) is 4.90 Å². The molecule has 1 saturated heterocycles. The first-order valence-corrected chi connectivity index (χ1v) is 5.74. The molecule has 1 aliphatic rings. The first-order valence-electron chi connectivity index (χ1n) is 5.74. The van der Waals surface area contributed by atoms with Gasteiger partial charge in [0.2, 0.25) is 0 Å². The molecular weight excluding hydrogens is 186 g/mol. The van der Waals surface area contributed by atoms with Crippen LogP contribution in [0.1, 0.15) is 18.9 Å². The van der Waals surface area contributed by atoms with Gasteiger partial charge in [0.1, 0.15) is 0 Å². The number of nitrogens with zero attached hydrogens (tertiary/aromatic N) is 1. The number of β-amino-alcohol motifs (C(OH)–C–C–N with tert-alkyl or cyclic N) is 1. The van der Waals surface area contributed by atoms with E-state index < -0.39 is 0 Å². The second-order valence-corrected chi connectivity index (χ2v) is 4.42. The molecule has 1 aromatic rings. The van der Waals surface area contributed by atoms with Gasteiger partial charge in [-0.15, -0.1) is 0 Å². The number of likely N-dealkylation sites (tertiary alicyclic amines) is 1. The minimum absolute atomic E-state index is 0.126. The zero-order valence-electron chi connectivity index (χ0n) is 9.26. The summed E-state index contributed by atoms with van der Waals surface area (Å²) in [4.78, 5) is 2.34. The average Bonchev–Trinajstić information content (AvgIpc) is 2.60. The molecule has 1 aromatic carbocycles. The number of benzene rings is 1. The van der Waals surface area contributed by atoms with E-state index in [-0.39, 0.29) is 6.10 Å². The van der Waals surface area contributed by atoms with E-state index in [9.17, 15) is 5.11 Å². The van der Waals surface area contributed by atoms with Gasteiger partial charge < -0.3 is 5.11 Å². The molecule has 0 spiro atoms. The van der Waals surface area contributed by atoms with Crippen molar-refractivity contribution >= 4 is 0 Å². The highest BCUT2D eigenvalue weighted by atomic mass is 16.3. The second kappa shape index (κ2) is 4.77. The maximum Gasteiger partial charge on any atom is 0.0707 e. The van der Waals surface area contributed by atoms with Crippen molar-refractivity contribution in [3.63, 3.8) is 0 Å². The van der Waals surface area contributed by atoms with E-state index in [1.807, 2.05) is 6.07 Å². The number of rotatable bonds is 3. The molecule has 2 nitrogen and oxygen atoms in total. The third kappa shape index (κ3) is 2.58. The summed E-state index contributed by atoms with van der Waals surface area (Å²) < 4.78 is 0. The third-order valence-corrected chi connectivity index (χ3v) is 3.26. The Morgan fingerprint density at radius 1 is 1.27 bits per heavy atom. The van der Waals surface area contributed by atoms with Crippen LogP contribution in [-0.2, 0) is 6.54 Å². The fraction of sp³-hybridized carbons (Fsp3) is 0.538. The highest BCUT2D eigenvalue weighted by Crippen LogP contribution is 2.21. The molecule has 0 saturated carbocycles. The summed E-state index contributed by atoms with van der Waals surface area (Å²) in [5, 5.41) is 9.80. The van der Waals surface area contributed by atoms with Crippen molar-refractivity contribution in [2.75, 3.05) is 13.1 Å². The summed E-state index contributed by atoms with van der Waals surface area (Å²) >= 11 is 0. The maximum absolute atomic E-state index is 9.80. The molecule has 2 atom stereocenters. The van der Waals surface area contributed by atoms with Gasteiger partial charge in [0, 0.05) is 19.6 Å². The van der Waals surface area contributed by atoms with Crippen LogP contribution in [0.25, 0.3) is 0 Å². The van der Waals surface area contributed by atoms with Crippen molar-refractivity contribution < 1.29 is 5.11 Å². The summed E-state index contributed by atoms with van der Waals surface area (Å²) in [7, 11) is 0. The van der Waals surface area contributed by atoms with Crippen LogP contribution in [0.3, 0.4) is 0 Å². The van der Waals surface area contributed by atoms with E-state index in [1.54, 1.807) is 0 Å². The molecule has 2 heteroatoms. The van der Waals surface area contributed by atoms with Crippen LogP contribution in [0, 0.1) is 5.92 Å².